The molecule has 0 atom stereocenters. The van der Waals surface area contributed by atoms with Crippen LogP contribution in [0.15, 0.2) is 29.0 Å². The van der Waals surface area contributed by atoms with Gasteiger partial charge in [0.2, 0.25) is 0 Å². The summed E-state index contributed by atoms with van der Waals surface area (Å²) >= 11 is 0. The monoisotopic (exact) mass is 239 g/mol. The van der Waals surface area contributed by atoms with Gasteiger partial charge in [-0.25, -0.2) is 0 Å². The molecular weight excluding hydrogens is 218 g/mol. The summed E-state index contributed by atoms with van der Waals surface area (Å²) < 4.78 is 0. The Morgan fingerprint density at radius 1 is 1.41 bits per heavy atom. The van der Waals surface area contributed by atoms with Crippen LogP contribution in [0, 0.1) is 10.3 Å². The van der Waals surface area contributed by atoms with Gasteiger partial charge in [-0.15, -0.1) is 0 Å². The van der Waals surface area contributed by atoms with E-state index in [-0.39, 0.29) is 5.41 Å². The molecule has 0 radical (unpaired) electrons. The number of aliphatic hydroxyl groups is 2. The first-order chi connectivity index (χ1) is 7.97. The lowest BCUT2D eigenvalue weighted by molar-refractivity contribution is 0.115. The molecule has 4 nitrogen and oxygen atoms in total. The number of aliphatic hydroxyl groups excluding tert-OH is 2. The Morgan fingerprint density at radius 3 is 2.47 bits per heavy atom. The lowest BCUT2D eigenvalue weighted by Gasteiger charge is -2.25. The van der Waals surface area contributed by atoms with Crippen molar-refractivity contribution in [3.63, 3.8) is 0 Å². The van der Waals surface area contributed by atoms with E-state index in [0.717, 1.165) is 12.0 Å². The molecule has 0 amide bonds. The van der Waals surface area contributed by atoms with Crippen molar-refractivity contribution in [1.82, 2.24) is 0 Å². The third kappa shape index (κ3) is 3.75. The molecule has 0 aromatic rings. The van der Waals surface area contributed by atoms with Crippen molar-refractivity contribution in [3.05, 3.63) is 28.7 Å². The Hall–Kier alpha value is -1.000. The second-order valence-electron chi connectivity index (χ2n) is 5.44. The maximum absolute atomic E-state index is 10.7. The highest BCUT2D eigenvalue weighted by molar-refractivity contribution is 5.26. The fraction of sp³-hybridized carbons (Fsp3) is 0.692. The summed E-state index contributed by atoms with van der Waals surface area (Å²) in [7, 11) is 0. The van der Waals surface area contributed by atoms with E-state index in [4.69, 9.17) is 10.2 Å². The van der Waals surface area contributed by atoms with E-state index in [2.05, 4.69) is 31.2 Å². The topological polar surface area (TPSA) is 69.9 Å². The van der Waals surface area contributed by atoms with Gasteiger partial charge in [-0.05, 0) is 24.7 Å². The average Bonchev–Trinajstić information content (AvgIpc) is 2.33. The quantitative estimate of drug-likeness (QED) is 0.698. The van der Waals surface area contributed by atoms with Crippen LogP contribution in [0.4, 0.5) is 0 Å². The number of hydrogen-bond donors (Lipinski definition) is 2. The zero-order valence-electron chi connectivity index (χ0n) is 10.5. The van der Waals surface area contributed by atoms with Gasteiger partial charge in [-0.3, -0.25) is 0 Å². The van der Waals surface area contributed by atoms with Gasteiger partial charge in [-0.1, -0.05) is 42.8 Å². The number of hydrogen-bond acceptors (Lipinski definition) is 4. The fourth-order valence-electron chi connectivity index (χ4n) is 1.74. The summed E-state index contributed by atoms with van der Waals surface area (Å²) in [5.41, 5.74) is 0.0956. The third-order valence-corrected chi connectivity index (χ3v) is 3.30. The van der Waals surface area contributed by atoms with Crippen molar-refractivity contribution in [2.75, 3.05) is 13.2 Å². The van der Waals surface area contributed by atoms with Crippen molar-refractivity contribution in [1.29, 1.82) is 0 Å². The minimum absolute atomic E-state index is 0.192. The molecule has 0 aliphatic heterocycles. The van der Waals surface area contributed by atoms with E-state index >= 15 is 0 Å². The lowest BCUT2D eigenvalue weighted by Crippen LogP contribution is -2.35. The van der Waals surface area contributed by atoms with Crippen LogP contribution < -0.4 is 0 Å². The van der Waals surface area contributed by atoms with Crippen LogP contribution in [0.1, 0.15) is 33.1 Å². The summed E-state index contributed by atoms with van der Waals surface area (Å²) in [6.07, 6.45) is 8.34. The van der Waals surface area contributed by atoms with Gasteiger partial charge >= 0.3 is 0 Å². The molecule has 0 saturated carbocycles. The highest BCUT2D eigenvalue weighted by Gasteiger charge is 2.30. The Labute approximate surface area is 102 Å². The Kier molecular flexibility index (Phi) is 4.60. The standard InChI is InChI=1S/C13H21NO3/c1-12(2)6-3-11(4-7-12)5-8-13(9-15,10-16)14-17/h3-4,6,15-16H,5,7-10H2,1-2H3. The van der Waals surface area contributed by atoms with Crippen molar-refractivity contribution in [2.45, 2.75) is 38.6 Å². The van der Waals surface area contributed by atoms with E-state index in [1.807, 2.05) is 6.08 Å². The van der Waals surface area contributed by atoms with Gasteiger partial charge in [-0.2, -0.15) is 4.91 Å². The summed E-state index contributed by atoms with van der Waals surface area (Å²) in [4.78, 5) is 10.7. The van der Waals surface area contributed by atoms with E-state index in [0.29, 0.717) is 12.8 Å². The Balaban J connectivity index is 2.55. The highest BCUT2D eigenvalue weighted by atomic mass is 16.3. The molecule has 1 rings (SSSR count). The number of allylic oxidation sites excluding steroid dienone is 4. The molecule has 0 heterocycles. The highest BCUT2D eigenvalue weighted by Crippen LogP contribution is 2.31. The SMILES string of the molecule is CC1(C)C=CC(CCC(CO)(CO)N=O)=CC1. The van der Waals surface area contributed by atoms with Crippen molar-refractivity contribution in [3.8, 4) is 0 Å². The van der Waals surface area contributed by atoms with Crippen LogP contribution in [-0.2, 0) is 0 Å². The Bertz CT molecular complexity index is 328. The first kappa shape index (κ1) is 14.1. The molecule has 2 N–H and O–H groups in total. The van der Waals surface area contributed by atoms with Gasteiger partial charge in [0, 0.05) is 0 Å². The summed E-state index contributed by atoms with van der Waals surface area (Å²) in [6.45, 7) is 3.51. The van der Waals surface area contributed by atoms with E-state index in [9.17, 15) is 4.91 Å². The second kappa shape index (κ2) is 5.56. The molecular formula is C13H21NO3. The van der Waals surface area contributed by atoms with Gasteiger partial charge in [0.05, 0.1) is 13.2 Å². The number of nitrogens with zero attached hydrogens (tertiary/aromatic N) is 1. The molecule has 0 unspecified atom stereocenters. The zero-order chi connectivity index (χ0) is 12.9. The minimum Gasteiger partial charge on any atom is -0.394 e. The molecule has 0 spiro atoms. The van der Waals surface area contributed by atoms with Gasteiger partial charge in [0.1, 0.15) is 5.54 Å². The zero-order valence-corrected chi connectivity index (χ0v) is 10.5. The van der Waals surface area contributed by atoms with Crippen LogP contribution in [0.2, 0.25) is 0 Å². The van der Waals surface area contributed by atoms with Crippen molar-refractivity contribution in [2.24, 2.45) is 10.6 Å². The predicted molar refractivity (Wildman–Crippen MR) is 67.6 cm³/mol. The average molecular weight is 239 g/mol. The van der Waals surface area contributed by atoms with E-state index in [1.54, 1.807) is 0 Å². The first-order valence-electron chi connectivity index (χ1n) is 5.91. The smallest absolute Gasteiger partial charge is 0.149 e. The van der Waals surface area contributed by atoms with Crippen molar-refractivity contribution < 1.29 is 10.2 Å². The van der Waals surface area contributed by atoms with Crippen molar-refractivity contribution >= 4 is 0 Å². The molecule has 1 aliphatic carbocycles. The molecule has 0 fully saturated rings. The molecule has 4 heteroatoms. The minimum atomic E-state index is -1.23. The van der Waals surface area contributed by atoms with Gasteiger partial charge in [0.25, 0.3) is 0 Å². The van der Waals surface area contributed by atoms with E-state index < -0.39 is 18.8 Å². The summed E-state index contributed by atoms with van der Waals surface area (Å²) in [5, 5.41) is 21.1. The number of rotatable bonds is 6. The molecule has 0 aromatic carbocycles. The molecule has 17 heavy (non-hydrogen) atoms. The first-order valence-corrected chi connectivity index (χ1v) is 5.91. The number of nitroso groups, excluding NO2 is 1. The maximum atomic E-state index is 10.7. The van der Waals surface area contributed by atoms with Crippen LogP contribution >= 0.6 is 0 Å². The Morgan fingerprint density at radius 2 is 2.06 bits per heavy atom. The van der Waals surface area contributed by atoms with Crippen LogP contribution in [0.3, 0.4) is 0 Å². The van der Waals surface area contributed by atoms with E-state index in [1.165, 1.54) is 0 Å². The molecule has 1 aliphatic rings. The normalized spacial score (nSPS) is 18.9. The molecule has 0 saturated heterocycles. The molecule has 96 valence electrons. The van der Waals surface area contributed by atoms with Gasteiger partial charge in [0.15, 0.2) is 0 Å². The largest absolute Gasteiger partial charge is 0.394 e. The molecule has 0 aromatic heterocycles. The fourth-order valence-corrected chi connectivity index (χ4v) is 1.74. The maximum Gasteiger partial charge on any atom is 0.149 e. The third-order valence-electron chi connectivity index (χ3n) is 3.30. The second-order valence-corrected chi connectivity index (χ2v) is 5.44. The van der Waals surface area contributed by atoms with Crippen LogP contribution in [-0.4, -0.2) is 29.0 Å². The van der Waals surface area contributed by atoms with Crippen LogP contribution in [0.5, 0.6) is 0 Å². The predicted octanol–water partition coefficient (Wildman–Crippen LogP) is 2.17. The lowest BCUT2D eigenvalue weighted by atomic mass is 9.82. The molecule has 0 bridgehead atoms. The summed E-state index contributed by atoms with van der Waals surface area (Å²) in [5.74, 6) is 0. The summed E-state index contributed by atoms with van der Waals surface area (Å²) in [6, 6.07) is 0. The van der Waals surface area contributed by atoms with Gasteiger partial charge < -0.3 is 10.2 Å². The van der Waals surface area contributed by atoms with Crippen LogP contribution in [0.25, 0.3) is 0 Å².